The SMILES string of the molecule is CNC(=O)C(C)CN(C)CCC(=O)N1CCNCC1.Cl. The molecule has 1 fully saturated rings. The van der Waals surface area contributed by atoms with Gasteiger partial charge in [0.25, 0.3) is 0 Å². The second-order valence-corrected chi connectivity index (χ2v) is 5.16. The maximum Gasteiger partial charge on any atom is 0.223 e. The van der Waals surface area contributed by atoms with Crippen molar-refractivity contribution in [3.8, 4) is 0 Å². The number of halogens is 1. The lowest BCUT2D eigenvalue weighted by atomic mass is 10.1. The first-order valence-electron chi connectivity index (χ1n) is 6.93. The van der Waals surface area contributed by atoms with Crippen LogP contribution in [0.4, 0.5) is 0 Å². The number of carbonyl (C=O) groups is 2. The van der Waals surface area contributed by atoms with Crippen molar-refractivity contribution in [2.45, 2.75) is 13.3 Å². The van der Waals surface area contributed by atoms with E-state index in [2.05, 4.69) is 10.6 Å². The van der Waals surface area contributed by atoms with Gasteiger partial charge in [-0.1, -0.05) is 6.92 Å². The monoisotopic (exact) mass is 306 g/mol. The molecule has 6 nitrogen and oxygen atoms in total. The van der Waals surface area contributed by atoms with Crippen LogP contribution in [0.5, 0.6) is 0 Å². The first-order chi connectivity index (χ1) is 9.04. The largest absolute Gasteiger partial charge is 0.359 e. The van der Waals surface area contributed by atoms with E-state index in [1.54, 1.807) is 7.05 Å². The summed E-state index contributed by atoms with van der Waals surface area (Å²) in [5, 5.41) is 5.87. The minimum atomic E-state index is -0.0516. The lowest BCUT2D eigenvalue weighted by Gasteiger charge is -2.28. The minimum Gasteiger partial charge on any atom is -0.359 e. The molecule has 1 saturated heterocycles. The van der Waals surface area contributed by atoms with Gasteiger partial charge >= 0.3 is 0 Å². The molecule has 118 valence electrons. The molecular formula is C13H27ClN4O2. The maximum atomic E-state index is 12.0. The predicted molar refractivity (Wildman–Crippen MR) is 82.0 cm³/mol. The Morgan fingerprint density at radius 1 is 1.35 bits per heavy atom. The summed E-state index contributed by atoms with van der Waals surface area (Å²) < 4.78 is 0. The van der Waals surface area contributed by atoms with Crippen LogP contribution in [-0.2, 0) is 9.59 Å². The van der Waals surface area contributed by atoms with E-state index < -0.39 is 0 Å². The molecule has 0 radical (unpaired) electrons. The first-order valence-corrected chi connectivity index (χ1v) is 6.93. The normalized spacial score (nSPS) is 16.5. The van der Waals surface area contributed by atoms with Crippen LogP contribution in [0.2, 0.25) is 0 Å². The zero-order valence-corrected chi connectivity index (χ0v) is 13.5. The van der Waals surface area contributed by atoms with Gasteiger partial charge in [0, 0.05) is 58.7 Å². The van der Waals surface area contributed by atoms with E-state index in [0.29, 0.717) is 19.5 Å². The van der Waals surface area contributed by atoms with Gasteiger partial charge in [0.15, 0.2) is 0 Å². The molecule has 0 aromatic carbocycles. The lowest BCUT2D eigenvalue weighted by Crippen LogP contribution is -2.47. The van der Waals surface area contributed by atoms with Crippen molar-refractivity contribution in [2.24, 2.45) is 5.92 Å². The van der Waals surface area contributed by atoms with E-state index in [9.17, 15) is 9.59 Å². The van der Waals surface area contributed by atoms with Gasteiger partial charge in [-0.15, -0.1) is 12.4 Å². The van der Waals surface area contributed by atoms with Crippen LogP contribution in [0.25, 0.3) is 0 Å². The quantitative estimate of drug-likeness (QED) is 0.697. The molecule has 7 heteroatoms. The molecule has 0 aromatic heterocycles. The second kappa shape index (κ2) is 9.96. The highest BCUT2D eigenvalue weighted by molar-refractivity contribution is 5.85. The number of carbonyl (C=O) groups excluding carboxylic acids is 2. The van der Waals surface area contributed by atoms with E-state index in [-0.39, 0.29) is 30.1 Å². The molecule has 1 heterocycles. The van der Waals surface area contributed by atoms with E-state index in [0.717, 1.165) is 26.2 Å². The number of hydrogen-bond donors (Lipinski definition) is 2. The van der Waals surface area contributed by atoms with Crippen LogP contribution in [0.3, 0.4) is 0 Å². The lowest BCUT2D eigenvalue weighted by molar-refractivity contribution is -0.132. The Balaban J connectivity index is 0.00000361. The number of hydrogen-bond acceptors (Lipinski definition) is 4. The van der Waals surface area contributed by atoms with E-state index in [4.69, 9.17) is 0 Å². The molecule has 20 heavy (non-hydrogen) atoms. The molecule has 1 aliphatic rings. The molecule has 0 aliphatic carbocycles. The number of piperazine rings is 1. The zero-order valence-electron chi connectivity index (χ0n) is 12.6. The van der Waals surface area contributed by atoms with Gasteiger partial charge in [-0.25, -0.2) is 0 Å². The fourth-order valence-electron chi connectivity index (χ4n) is 2.25. The molecule has 0 saturated carbocycles. The van der Waals surface area contributed by atoms with Crippen LogP contribution in [0.15, 0.2) is 0 Å². The van der Waals surface area contributed by atoms with Crippen molar-refractivity contribution in [3.63, 3.8) is 0 Å². The first kappa shape index (κ1) is 19.1. The third-order valence-corrected chi connectivity index (χ3v) is 3.46. The van der Waals surface area contributed by atoms with Crippen LogP contribution in [-0.4, -0.2) is 75.0 Å². The summed E-state index contributed by atoms with van der Waals surface area (Å²) in [6, 6.07) is 0. The Labute approximate surface area is 127 Å². The molecule has 1 unspecified atom stereocenters. The fraction of sp³-hybridized carbons (Fsp3) is 0.846. The Kier molecular flexibility index (Phi) is 9.54. The molecule has 2 amide bonds. The Morgan fingerprint density at radius 3 is 2.50 bits per heavy atom. The van der Waals surface area contributed by atoms with Crippen molar-refractivity contribution in [3.05, 3.63) is 0 Å². The molecule has 1 aliphatic heterocycles. The smallest absolute Gasteiger partial charge is 0.223 e. The van der Waals surface area contributed by atoms with Crippen molar-refractivity contribution >= 4 is 24.2 Å². The Morgan fingerprint density at radius 2 is 1.95 bits per heavy atom. The van der Waals surface area contributed by atoms with Crippen LogP contribution >= 0.6 is 12.4 Å². The molecule has 2 N–H and O–H groups in total. The summed E-state index contributed by atoms with van der Waals surface area (Å²) in [4.78, 5) is 27.3. The standard InChI is InChI=1S/C13H26N4O2.ClH/c1-11(13(19)14-2)10-16(3)7-4-12(18)17-8-5-15-6-9-17;/h11,15H,4-10H2,1-3H3,(H,14,19);1H. The molecule has 0 aromatic rings. The molecular weight excluding hydrogens is 280 g/mol. The van der Waals surface area contributed by atoms with Gasteiger partial charge < -0.3 is 20.4 Å². The predicted octanol–water partition coefficient (Wildman–Crippen LogP) is -0.456. The summed E-state index contributed by atoms with van der Waals surface area (Å²) in [6.45, 7) is 6.64. The van der Waals surface area contributed by atoms with Crippen LogP contribution < -0.4 is 10.6 Å². The average Bonchev–Trinajstić information content (AvgIpc) is 2.44. The third kappa shape index (κ3) is 6.54. The Hall–Kier alpha value is -0.850. The zero-order chi connectivity index (χ0) is 14.3. The number of amides is 2. The summed E-state index contributed by atoms with van der Waals surface area (Å²) in [7, 11) is 3.59. The fourth-order valence-corrected chi connectivity index (χ4v) is 2.25. The molecule has 1 rings (SSSR count). The van der Waals surface area contributed by atoms with Crippen molar-refractivity contribution in [1.29, 1.82) is 0 Å². The minimum absolute atomic E-state index is 0. The molecule has 1 atom stereocenters. The third-order valence-electron chi connectivity index (χ3n) is 3.46. The summed E-state index contributed by atoms with van der Waals surface area (Å²) in [5.41, 5.74) is 0. The van der Waals surface area contributed by atoms with Gasteiger partial charge in [0.05, 0.1) is 0 Å². The average molecular weight is 307 g/mol. The Bertz CT molecular complexity index is 309. The second-order valence-electron chi connectivity index (χ2n) is 5.16. The highest BCUT2D eigenvalue weighted by atomic mass is 35.5. The summed E-state index contributed by atoms with van der Waals surface area (Å²) >= 11 is 0. The van der Waals surface area contributed by atoms with E-state index in [1.165, 1.54) is 0 Å². The molecule has 0 spiro atoms. The van der Waals surface area contributed by atoms with Gasteiger partial charge in [0.2, 0.25) is 11.8 Å². The molecule has 0 bridgehead atoms. The topological polar surface area (TPSA) is 64.7 Å². The van der Waals surface area contributed by atoms with Crippen LogP contribution in [0.1, 0.15) is 13.3 Å². The number of nitrogens with zero attached hydrogens (tertiary/aromatic N) is 2. The highest BCUT2D eigenvalue weighted by Crippen LogP contribution is 2.02. The summed E-state index contributed by atoms with van der Waals surface area (Å²) in [6.07, 6.45) is 0.525. The van der Waals surface area contributed by atoms with Gasteiger partial charge in [-0.2, -0.15) is 0 Å². The van der Waals surface area contributed by atoms with Crippen molar-refractivity contribution in [1.82, 2.24) is 20.4 Å². The van der Waals surface area contributed by atoms with Crippen LogP contribution in [0, 0.1) is 5.92 Å². The maximum absolute atomic E-state index is 12.0. The van der Waals surface area contributed by atoms with E-state index in [1.807, 2.05) is 23.8 Å². The van der Waals surface area contributed by atoms with Gasteiger partial charge in [-0.3, -0.25) is 9.59 Å². The van der Waals surface area contributed by atoms with Gasteiger partial charge in [0.1, 0.15) is 0 Å². The van der Waals surface area contributed by atoms with E-state index >= 15 is 0 Å². The number of rotatable bonds is 6. The highest BCUT2D eigenvalue weighted by Gasteiger charge is 2.18. The summed E-state index contributed by atoms with van der Waals surface area (Å²) in [5.74, 6) is 0.200. The van der Waals surface area contributed by atoms with Crippen molar-refractivity contribution in [2.75, 3.05) is 53.4 Å². The van der Waals surface area contributed by atoms with Gasteiger partial charge in [-0.05, 0) is 7.05 Å². The van der Waals surface area contributed by atoms with Crippen molar-refractivity contribution < 1.29 is 9.59 Å². The number of nitrogens with one attached hydrogen (secondary N) is 2.